The molecule has 58 valence electrons. The first-order chi connectivity index (χ1) is 4.43. The summed E-state index contributed by atoms with van der Waals surface area (Å²) in [4.78, 5) is 0. The molecule has 1 unspecified atom stereocenters. The van der Waals surface area contributed by atoms with Crippen LogP contribution in [0.4, 0.5) is 0 Å². The van der Waals surface area contributed by atoms with Crippen molar-refractivity contribution in [3.8, 4) is 6.19 Å². The van der Waals surface area contributed by atoms with Crippen LogP contribution in [0.5, 0.6) is 0 Å². The van der Waals surface area contributed by atoms with Crippen LogP contribution in [0.15, 0.2) is 0 Å². The number of nitrogens with zero attached hydrogens (tertiary/aromatic N) is 1. The molecule has 10 heavy (non-hydrogen) atoms. The van der Waals surface area contributed by atoms with Gasteiger partial charge in [0.15, 0.2) is 6.19 Å². The lowest BCUT2D eigenvalue weighted by molar-refractivity contribution is 0.560. The number of halogens is 1. The summed E-state index contributed by atoms with van der Waals surface area (Å²) >= 11 is 0. The minimum absolute atomic E-state index is 0. The van der Waals surface area contributed by atoms with Crippen molar-refractivity contribution in [2.45, 2.75) is 6.42 Å². The summed E-state index contributed by atoms with van der Waals surface area (Å²) in [5, 5.41) is 14.0. The smallest absolute Gasteiger partial charge is 0.176 e. The van der Waals surface area contributed by atoms with E-state index >= 15 is 0 Å². The van der Waals surface area contributed by atoms with Crippen LogP contribution in [-0.2, 0) is 0 Å². The van der Waals surface area contributed by atoms with E-state index in [4.69, 9.17) is 5.26 Å². The molecule has 1 aliphatic heterocycles. The maximum absolute atomic E-state index is 8.15. The Morgan fingerprint density at radius 2 is 2.50 bits per heavy atom. The summed E-state index contributed by atoms with van der Waals surface area (Å²) in [6.45, 7) is 3.01. The second-order valence-corrected chi connectivity index (χ2v) is 2.35. The molecule has 0 aliphatic carbocycles. The highest BCUT2D eigenvalue weighted by Crippen LogP contribution is 2.04. The fourth-order valence-corrected chi connectivity index (χ4v) is 1.08. The first-order valence-electron chi connectivity index (χ1n) is 3.26. The Balaban J connectivity index is 0.000000810. The second kappa shape index (κ2) is 5.33. The molecule has 4 heteroatoms. The zero-order valence-electron chi connectivity index (χ0n) is 5.76. The topological polar surface area (TPSA) is 47.9 Å². The van der Waals surface area contributed by atoms with Crippen LogP contribution >= 0.6 is 12.4 Å². The maximum Gasteiger partial charge on any atom is 0.176 e. The number of rotatable bonds is 2. The van der Waals surface area contributed by atoms with E-state index in [0.717, 1.165) is 19.6 Å². The van der Waals surface area contributed by atoms with Crippen LogP contribution in [0, 0.1) is 17.4 Å². The summed E-state index contributed by atoms with van der Waals surface area (Å²) in [5.74, 6) is 0.671. The van der Waals surface area contributed by atoms with Gasteiger partial charge in [0.25, 0.3) is 0 Å². The standard InChI is InChI=1S/C6H11N3.ClH/c7-5-9-4-6-1-2-8-3-6;/h6,8-9H,1-4H2;1H. The molecule has 0 amide bonds. The lowest BCUT2D eigenvalue weighted by atomic mass is 10.1. The highest BCUT2D eigenvalue weighted by molar-refractivity contribution is 5.85. The van der Waals surface area contributed by atoms with Crippen molar-refractivity contribution in [1.29, 1.82) is 5.26 Å². The van der Waals surface area contributed by atoms with Crippen molar-refractivity contribution < 1.29 is 0 Å². The van der Waals surface area contributed by atoms with Gasteiger partial charge in [-0.25, -0.2) is 0 Å². The van der Waals surface area contributed by atoms with Gasteiger partial charge in [-0.2, -0.15) is 5.26 Å². The Morgan fingerprint density at radius 1 is 1.70 bits per heavy atom. The van der Waals surface area contributed by atoms with Gasteiger partial charge in [0.1, 0.15) is 0 Å². The maximum atomic E-state index is 8.15. The van der Waals surface area contributed by atoms with E-state index in [9.17, 15) is 0 Å². The number of nitriles is 1. The fraction of sp³-hybridized carbons (Fsp3) is 0.833. The molecular formula is C6H12ClN3. The third-order valence-corrected chi connectivity index (χ3v) is 1.63. The van der Waals surface area contributed by atoms with Crippen molar-refractivity contribution in [3.05, 3.63) is 0 Å². The van der Waals surface area contributed by atoms with Gasteiger partial charge in [-0.15, -0.1) is 12.4 Å². The molecule has 0 radical (unpaired) electrons. The summed E-state index contributed by atoms with van der Waals surface area (Å²) in [7, 11) is 0. The predicted molar refractivity (Wildman–Crippen MR) is 41.8 cm³/mol. The molecule has 1 saturated heterocycles. The molecule has 1 aliphatic rings. The Bertz CT molecular complexity index is 115. The van der Waals surface area contributed by atoms with Gasteiger partial charge in [-0.1, -0.05) is 0 Å². The summed E-state index contributed by atoms with van der Waals surface area (Å²) in [6.07, 6.45) is 3.12. The van der Waals surface area contributed by atoms with E-state index in [1.165, 1.54) is 6.42 Å². The lowest BCUT2D eigenvalue weighted by Crippen LogP contribution is -2.20. The van der Waals surface area contributed by atoms with Crippen LogP contribution in [-0.4, -0.2) is 19.6 Å². The van der Waals surface area contributed by atoms with Crippen LogP contribution in [0.3, 0.4) is 0 Å². The Labute approximate surface area is 67.2 Å². The van der Waals surface area contributed by atoms with Crippen LogP contribution in [0.1, 0.15) is 6.42 Å². The van der Waals surface area contributed by atoms with E-state index in [-0.39, 0.29) is 12.4 Å². The molecule has 0 aromatic carbocycles. The lowest BCUT2D eigenvalue weighted by Gasteiger charge is -2.03. The molecule has 0 saturated carbocycles. The van der Waals surface area contributed by atoms with Crippen molar-refractivity contribution in [2.75, 3.05) is 19.6 Å². The zero-order chi connectivity index (χ0) is 6.53. The molecule has 0 bridgehead atoms. The van der Waals surface area contributed by atoms with Crippen molar-refractivity contribution in [1.82, 2.24) is 10.6 Å². The predicted octanol–water partition coefficient (Wildman–Crippen LogP) is 0.0884. The normalized spacial score (nSPS) is 22.9. The van der Waals surface area contributed by atoms with Crippen LogP contribution in [0.25, 0.3) is 0 Å². The second-order valence-electron chi connectivity index (χ2n) is 2.35. The minimum atomic E-state index is 0. The van der Waals surface area contributed by atoms with Gasteiger partial charge in [0, 0.05) is 6.54 Å². The number of nitrogens with one attached hydrogen (secondary N) is 2. The van der Waals surface area contributed by atoms with Crippen LogP contribution < -0.4 is 10.6 Å². The van der Waals surface area contributed by atoms with Gasteiger partial charge >= 0.3 is 0 Å². The average molecular weight is 162 g/mol. The molecule has 1 rings (SSSR count). The molecule has 3 nitrogen and oxygen atoms in total. The van der Waals surface area contributed by atoms with Gasteiger partial charge in [-0.05, 0) is 25.4 Å². The third-order valence-electron chi connectivity index (χ3n) is 1.63. The van der Waals surface area contributed by atoms with Crippen molar-refractivity contribution in [3.63, 3.8) is 0 Å². The average Bonchev–Trinajstić information content (AvgIpc) is 2.34. The van der Waals surface area contributed by atoms with E-state index in [0.29, 0.717) is 5.92 Å². The molecule has 2 N–H and O–H groups in total. The third kappa shape index (κ3) is 2.90. The SMILES string of the molecule is Cl.N#CNCC1CCNC1. The monoisotopic (exact) mass is 161 g/mol. The fourth-order valence-electron chi connectivity index (χ4n) is 1.08. The van der Waals surface area contributed by atoms with Crippen molar-refractivity contribution >= 4 is 12.4 Å². The molecule has 1 fully saturated rings. The molecule has 0 spiro atoms. The molecule has 0 aromatic heterocycles. The highest BCUT2D eigenvalue weighted by Gasteiger charge is 2.12. The first-order valence-corrected chi connectivity index (χ1v) is 3.26. The molecule has 1 atom stereocenters. The minimum Gasteiger partial charge on any atom is -0.324 e. The Hall–Kier alpha value is -0.460. The van der Waals surface area contributed by atoms with Gasteiger partial charge in [-0.3, -0.25) is 0 Å². The molecule has 0 aromatic rings. The first kappa shape index (κ1) is 9.54. The van der Waals surface area contributed by atoms with E-state index < -0.39 is 0 Å². The van der Waals surface area contributed by atoms with E-state index in [2.05, 4.69) is 10.6 Å². The summed E-state index contributed by atoms with van der Waals surface area (Å²) in [6, 6.07) is 0. The molecule has 1 heterocycles. The van der Waals surface area contributed by atoms with Crippen LogP contribution in [0.2, 0.25) is 0 Å². The summed E-state index contributed by atoms with van der Waals surface area (Å²) < 4.78 is 0. The quantitative estimate of drug-likeness (QED) is 0.446. The zero-order valence-corrected chi connectivity index (χ0v) is 6.58. The van der Waals surface area contributed by atoms with Crippen molar-refractivity contribution in [2.24, 2.45) is 5.92 Å². The highest BCUT2D eigenvalue weighted by atomic mass is 35.5. The van der Waals surface area contributed by atoms with Gasteiger partial charge in [0.05, 0.1) is 0 Å². The van der Waals surface area contributed by atoms with E-state index in [1.807, 2.05) is 6.19 Å². The van der Waals surface area contributed by atoms with E-state index in [1.54, 1.807) is 0 Å². The van der Waals surface area contributed by atoms with Gasteiger partial charge < -0.3 is 10.6 Å². The summed E-state index contributed by atoms with van der Waals surface area (Å²) in [5.41, 5.74) is 0. The Morgan fingerprint density at radius 3 is 3.00 bits per heavy atom. The molecular weight excluding hydrogens is 150 g/mol. The number of hydrogen-bond donors (Lipinski definition) is 2. The van der Waals surface area contributed by atoms with Gasteiger partial charge in [0.2, 0.25) is 0 Å². The Kier molecular flexibility index (Phi) is 5.09. The largest absolute Gasteiger partial charge is 0.324 e. The number of hydrogen-bond acceptors (Lipinski definition) is 3.